The van der Waals surface area contributed by atoms with Gasteiger partial charge in [0.15, 0.2) is 5.82 Å². The zero-order chi connectivity index (χ0) is 31.2. The summed E-state index contributed by atoms with van der Waals surface area (Å²) in [6.45, 7) is 3.95. The Morgan fingerprint density at radius 3 is 2.27 bits per heavy atom. The highest BCUT2D eigenvalue weighted by molar-refractivity contribution is 6.36. The van der Waals surface area contributed by atoms with Crippen molar-refractivity contribution in [3.05, 3.63) is 100 Å². The molecular formula is C33H33Cl2N5O4. The Kier molecular flexibility index (Phi) is 9.87. The molecule has 11 heteroatoms. The Bertz CT molecular complexity index is 1610. The zero-order valence-corrected chi connectivity index (χ0v) is 26.3. The fourth-order valence-electron chi connectivity index (χ4n) is 5.19. The van der Waals surface area contributed by atoms with Gasteiger partial charge in [-0.25, -0.2) is 0 Å². The maximum Gasteiger partial charge on any atom is 0.256 e. The van der Waals surface area contributed by atoms with Crippen LogP contribution < -0.4 is 14.4 Å². The lowest BCUT2D eigenvalue weighted by atomic mass is 10.1. The number of carbonyl (C=O) groups is 2. The van der Waals surface area contributed by atoms with Gasteiger partial charge in [0.25, 0.3) is 5.91 Å². The first-order valence-corrected chi connectivity index (χ1v) is 14.9. The van der Waals surface area contributed by atoms with E-state index >= 15 is 0 Å². The molecule has 4 aromatic rings. The molecule has 1 aliphatic rings. The van der Waals surface area contributed by atoms with Crippen LogP contribution in [-0.4, -0.2) is 78.8 Å². The Morgan fingerprint density at radius 2 is 1.64 bits per heavy atom. The van der Waals surface area contributed by atoms with Gasteiger partial charge in [-0.3, -0.25) is 9.59 Å². The lowest BCUT2D eigenvalue weighted by molar-refractivity contribution is -0.132. The molecule has 0 bridgehead atoms. The SMILES string of the molecule is COc1ccc(-c2ccc(N3CCN(C(=O)CN(C(=O)c4ccc(Cl)cc4Cl)C(C)c4ccccc4)CC3)nn2)c(OC)c1. The summed E-state index contributed by atoms with van der Waals surface area (Å²) in [7, 11) is 3.21. The van der Waals surface area contributed by atoms with Gasteiger partial charge in [-0.15, -0.1) is 10.2 Å². The van der Waals surface area contributed by atoms with Crippen molar-refractivity contribution in [2.24, 2.45) is 0 Å². The Labute approximate surface area is 266 Å². The first-order valence-electron chi connectivity index (χ1n) is 14.2. The molecule has 0 aliphatic carbocycles. The third-order valence-electron chi connectivity index (χ3n) is 7.77. The van der Waals surface area contributed by atoms with E-state index in [2.05, 4.69) is 15.1 Å². The molecule has 0 radical (unpaired) electrons. The number of methoxy groups -OCH3 is 2. The van der Waals surface area contributed by atoms with E-state index in [0.717, 1.165) is 16.9 Å². The van der Waals surface area contributed by atoms with Crippen molar-refractivity contribution >= 4 is 40.8 Å². The summed E-state index contributed by atoms with van der Waals surface area (Å²) in [6, 6.07) is 23.4. The van der Waals surface area contributed by atoms with Crippen molar-refractivity contribution in [1.29, 1.82) is 0 Å². The molecule has 2 amide bonds. The van der Waals surface area contributed by atoms with E-state index in [9.17, 15) is 9.59 Å². The van der Waals surface area contributed by atoms with Crippen LogP contribution in [0.5, 0.6) is 11.5 Å². The average molecular weight is 635 g/mol. The highest BCUT2D eigenvalue weighted by Gasteiger charge is 2.30. The molecule has 1 unspecified atom stereocenters. The monoisotopic (exact) mass is 633 g/mol. The number of benzene rings is 3. The standard InChI is InChI=1S/C33H33Cl2N5O4/c1-22(23-7-5-4-6-8-23)40(33(42)26-11-9-24(34)19-28(26)35)21-32(41)39-17-15-38(16-18-39)31-14-13-29(36-37-31)27-12-10-25(43-2)20-30(27)44-3/h4-14,19-20,22H,15-18,21H2,1-3H3. The largest absolute Gasteiger partial charge is 0.497 e. The number of hydrogen-bond donors (Lipinski definition) is 0. The van der Waals surface area contributed by atoms with E-state index in [4.69, 9.17) is 32.7 Å². The lowest BCUT2D eigenvalue weighted by Gasteiger charge is -2.37. The Morgan fingerprint density at radius 1 is 0.886 bits per heavy atom. The van der Waals surface area contributed by atoms with Gasteiger partial charge < -0.3 is 24.2 Å². The van der Waals surface area contributed by atoms with E-state index in [-0.39, 0.29) is 29.4 Å². The van der Waals surface area contributed by atoms with E-state index in [1.807, 2.05) is 61.5 Å². The quantitative estimate of drug-likeness (QED) is 0.223. The number of ether oxygens (including phenoxy) is 2. The first kappa shape index (κ1) is 31.1. The van der Waals surface area contributed by atoms with Crippen LogP contribution in [0.25, 0.3) is 11.3 Å². The second-order valence-electron chi connectivity index (χ2n) is 10.4. The molecule has 5 rings (SSSR count). The molecule has 9 nitrogen and oxygen atoms in total. The van der Waals surface area contributed by atoms with Crippen LogP contribution in [0.15, 0.2) is 78.9 Å². The lowest BCUT2D eigenvalue weighted by Crippen LogP contribution is -2.52. The van der Waals surface area contributed by atoms with Crippen LogP contribution in [0.2, 0.25) is 10.0 Å². The number of piperazine rings is 1. The summed E-state index contributed by atoms with van der Waals surface area (Å²) in [4.78, 5) is 32.8. The molecule has 44 heavy (non-hydrogen) atoms. The van der Waals surface area contributed by atoms with Gasteiger partial charge >= 0.3 is 0 Å². The minimum atomic E-state index is -0.362. The molecule has 3 aromatic carbocycles. The predicted molar refractivity (Wildman–Crippen MR) is 172 cm³/mol. The highest BCUT2D eigenvalue weighted by atomic mass is 35.5. The molecule has 228 valence electrons. The van der Waals surface area contributed by atoms with Gasteiger partial charge in [0, 0.05) is 42.8 Å². The van der Waals surface area contributed by atoms with Crippen LogP contribution in [0.1, 0.15) is 28.9 Å². The number of aromatic nitrogens is 2. The number of hydrogen-bond acceptors (Lipinski definition) is 7. The fourth-order valence-corrected chi connectivity index (χ4v) is 5.68. The minimum absolute atomic E-state index is 0.0912. The van der Waals surface area contributed by atoms with Gasteiger partial charge in [-0.1, -0.05) is 53.5 Å². The van der Waals surface area contributed by atoms with Crippen molar-refractivity contribution in [2.75, 3.05) is 51.8 Å². The Hall–Kier alpha value is -4.34. The summed E-state index contributed by atoms with van der Waals surface area (Å²) in [5.41, 5.74) is 2.70. The van der Waals surface area contributed by atoms with Crippen LogP contribution in [0.3, 0.4) is 0 Å². The van der Waals surface area contributed by atoms with Crippen molar-refractivity contribution in [3.8, 4) is 22.8 Å². The normalized spacial score (nSPS) is 13.8. The van der Waals surface area contributed by atoms with Crippen LogP contribution in [0, 0.1) is 0 Å². The van der Waals surface area contributed by atoms with Gasteiger partial charge in [0.05, 0.1) is 36.5 Å². The summed E-state index contributed by atoms with van der Waals surface area (Å²) < 4.78 is 10.8. The van der Waals surface area contributed by atoms with Gasteiger partial charge in [0.2, 0.25) is 5.91 Å². The van der Waals surface area contributed by atoms with Gasteiger partial charge in [0.1, 0.15) is 18.0 Å². The molecule has 1 saturated heterocycles. The second-order valence-corrected chi connectivity index (χ2v) is 11.2. The number of carbonyl (C=O) groups excluding carboxylic acids is 2. The van der Waals surface area contributed by atoms with Crippen molar-refractivity contribution < 1.29 is 19.1 Å². The molecular weight excluding hydrogens is 601 g/mol. The topological polar surface area (TPSA) is 88.1 Å². The number of nitrogens with zero attached hydrogens (tertiary/aromatic N) is 5. The highest BCUT2D eigenvalue weighted by Crippen LogP contribution is 2.32. The minimum Gasteiger partial charge on any atom is -0.497 e. The average Bonchev–Trinajstić information content (AvgIpc) is 3.06. The van der Waals surface area contributed by atoms with Crippen LogP contribution in [-0.2, 0) is 4.79 Å². The third kappa shape index (κ3) is 6.90. The number of rotatable bonds is 9. The van der Waals surface area contributed by atoms with Gasteiger partial charge in [-0.2, -0.15) is 0 Å². The second kappa shape index (κ2) is 14.0. The van der Waals surface area contributed by atoms with Gasteiger partial charge in [-0.05, 0) is 55.0 Å². The molecule has 2 heterocycles. The molecule has 0 spiro atoms. The third-order valence-corrected chi connectivity index (χ3v) is 8.32. The predicted octanol–water partition coefficient (Wildman–Crippen LogP) is 6.02. The molecule has 1 fully saturated rings. The van der Waals surface area contributed by atoms with E-state index in [1.54, 1.807) is 42.2 Å². The van der Waals surface area contributed by atoms with E-state index < -0.39 is 0 Å². The summed E-state index contributed by atoms with van der Waals surface area (Å²) in [5.74, 6) is 1.59. The fraction of sp³-hybridized carbons (Fsp3) is 0.273. The maximum atomic E-state index is 13.7. The molecule has 1 atom stereocenters. The first-order chi connectivity index (χ1) is 21.3. The van der Waals surface area contributed by atoms with E-state index in [0.29, 0.717) is 54.0 Å². The van der Waals surface area contributed by atoms with Crippen LogP contribution >= 0.6 is 23.2 Å². The van der Waals surface area contributed by atoms with Crippen molar-refractivity contribution in [3.63, 3.8) is 0 Å². The molecule has 1 aromatic heterocycles. The van der Waals surface area contributed by atoms with Crippen molar-refractivity contribution in [1.82, 2.24) is 20.0 Å². The van der Waals surface area contributed by atoms with E-state index in [1.165, 1.54) is 6.07 Å². The number of halogens is 2. The smallest absolute Gasteiger partial charge is 0.256 e. The molecule has 0 saturated carbocycles. The zero-order valence-electron chi connectivity index (χ0n) is 24.7. The van der Waals surface area contributed by atoms with Crippen molar-refractivity contribution in [2.45, 2.75) is 13.0 Å². The maximum absolute atomic E-state index is 13.7. The Balaban J connectivity index is 1.26. The van der Waals surface area contributed by atoms with Crippen LogP contribution in [0.4, 0.5) is 5.82 Å². The summed E-state index contributed by atoms with van der Waals surface area (Å²) >= 11 is 12.5. The number of amides is 2. The summed E-state index contributed by atoms with van der Waals surface area (Å²) in [5, 5.41) is 9.56. The summed E-state index contributed by atoms with van der Waals surface area (Å²) in [6.07, 6.45) is 0. The molecule has 1 aliphatic heterocycles. The number of anilines is 1. The molecule has 0 N–H and O–H groups in total.